The van der Waals surface area contributed by atoms with Gasteiger partial charge in [0.25, 0.3) is 5.91 Å². The minimum Gasteiger partial charge on any atom is -0.493 e. The Bertz CT molecular complexity index is 1290. The summed E-state index contributed by atoms with van der Waals surface area (Å²) in [7, 11) is 0. The van der Waals surface area contributed by atoms with E-state index in [-0.39, 0.29) is 24.3 Å². The first-order chi connectivity index (χ1) is 17.9. The summed E-state index contributed by atoms with van der Waals surface area (Å²) in [6, 6.07) is 16.2. The molecule has 0 spiro atoms. The summed E-state index contributed by atoms with van der Waals surface area (Å²) in [6.45, 7) is 6.68. The summed E-state index contributed by atoms with van der Waals surface area (Å²) in [6.07, 6.45) is 3.62. The monoisotopic (exact) mass is 502 g/mol. The van der Waals surface area contributed by atoms with Crippen LogP contribution in [0.25, 0.3) is 6.08 Å². The summed E-state index contributed by atoms with van der Waals surface area (Å²) in [5.74, 6) is 1.04. The van der Waals surface area contributed by atoms with Gasteiger partial charge in [0.2, 0.25) is 0 Å². The van der Waals surface area contributed by atoms with Crippen LogP contribution in [0, 0.1) is 25.2 Å². The number of esters is 1. The number of nitrogens with one attached hydrogen (secondary N) is 1. The standard InChI is InChI=1S/C29H30N2O6/c1-4-34-27-17-22(16-23(18-30)29(33)31-19-24-7-5-13-35-24)11-12-25(27)37-28(32)8-6-14-36-26-15-20(2)9-10-21(26)3/h5,7,9-13,15-17H,4,6,8,14,19H2,1-3H3,(H,31,33)/b23-16+. The summed E-state index contributed by atoms with van der Waals surface area (Å²) >= 11 is 0. The molecule has 37 heavy (non-hydrogen) atoms. The number of nitriles is 1. The van der Waals surface area contributed by atoms with E-state index in [2.05, 4.69) is 5.32 Å². The minimum atomic E-state index is -0.532. The molecule has 1 aromatic heterocycles. The second kappa shape index (κ2) is 13.5. The van der Waals surface area contributed by atoms with Gasteiger partial charge in [-0.05, 0) is 80.3 Å². The molecule has 0 aliphatic heterocycles. The maximum Gasteiger partial charge on any atom is 0.311 e. The van der Waals surface area contributed by atoms with Crippen molar-refractivity contribution in [3.63, 3.8) is 0 Å². The van der Waals surface area contributed by atoms with Gasteiger partial charge in [-0.25, -0.2) is 0 Å². The molecule has 1 heterocycles. The highest BCUT2D eigenvalue weighted by atomic mass is 16.6. The number of carbonyl (C=O) groups is 2. The van der Waals surface area contributed by atoms with E-state index in [4.69, 9.17) is 18.6 Å². The lowest BCUT2D eigenvalue weighted by Gasteiger charge is -2.12. The highest BCUT2D eigenvalue weighted by Gasteiger charge is 2.14. The Hall–Kier alpha value is -4.51. The zero-order valence-electron chi connectivity index (χ0n) is 21.2. The van der Waals surface area contributed by atoms with Gasteiger partial charge in [-0.2, -0.15) is 5.26 Å². The van der Waals surface area contributed by atoms with Gasteiger partial charge in [-0.15, -0.1) is 0 Å². The van der Waals surface area contributed by atoms with Crippen molar-refractivity contribution in [3.05, 3.63) is 82.8 Å². The predicted octanol–water partition coefficient (Wildman–Crippen LogP) is 5.28. The zero-order valence-corrected chi connectivity index (χ0v) is 21.2. The Kier molecular flexibility index (Phi) is 9.91. The van der Waals surface area contributed by atoms with Crippen LogP contribution in [0.15, 0.2) is 64.8 Å². The van der Waals surface area contributed by atoms with Gasteiger partial charge in [-0.1, -0.05) is 18.2 Å². The van der Waals surface area contributed by atoms with E-state index in [0.717, 1.165) is 16.9 Å². The number of amides is 1. The first-order valence-corrected chi connectivity index (χ1v) is 12.0. The van der Waals surface area contributed by atoms with E-state index in [1.165, 1.54) is 12.3 Å². The van der Waals surface area contributed by atoms with Gasteiger partial charge in [-0.3, -0.25) is 9.59 Å². The number of ether oxygens (including phenoxy) is 3. The van der Waals surface area contributed by atoms with Crippen molar-refractivity contribution >= 4 is 18.0 Å². The fourth-order valence-corrected chi connectivity index (χ4v) is 3.39. The van der Waals surface area contributed by atoms with Crippen molar-refractivity contribution in [2.75, 3.05) is 13.2 Å². The van der Waals surface area contributed by atoms with Crippen LogP contribution in [-0.4, -0.2) is 25.1 Å². The van der Waals surface area contributed by atoms with Crippen LogP contribution in [0.2, 0.25) is 0 Å². The number of rotatable bonds is 12. The molecular weight excluding hydrogens is 472 g/mol. The average molecular weight is 503 g/mol. The average Bonchev–Trinajstić information content (AvgIpc) is 3.41. The summed E-state index contributed by atoms with van der Waals surface area (Å²) in [4.78, 5) is 24.8. The molecule has 8 nitrogen and oxygen atoms in total. The normalized spacial score (nSPS) is 10.9. The van der Waals surface area contributed by atoms with Gasteiger partial charge >= 0.3 is 5.97 Å². The summed E-state index contributed by atoms with van der Waals surface area (Å²) in [5, 5.41) is 12.1. The number of nitrogens with zero attached hydrogens (tertiary/aromatic N) is 1. The molecule has 192 valence electrons. The molecule has 2 aromatic carbocycles. The first-order valence-electron chi connectivity index (χ1n) is 12.0. The van der Waals surface area contributed by atoms with Crippen LogP contribution in [0.5, 0.6) is 17.2 Å². The maximum atomic E-state index is 12.4. The predicted molar refractivity (Wildman–Crippen MR) is 138 cm³/mol. The fraction of sp³-hybridized carbons (Fsp3) is 0.276. The van der Waals surface area contributed by atoms with Crippen LogP contribution in [0.4, 0.5) is 0 Å². The number of aryl methyl sites for hydroxylation is 2. The van der Waals surface area contributed by atoms with Gasteiger partial charge in [0.1, 0.15) is 23.2 Å². The molecule has 0 unspecified atom stereocenters. The molecule has 1 amide bonds. The number of hydrogen-bond acceptors (Lipinski definition) is 7. The highest BCUT2D eigenvalue weighted by molar-refractivity contribution is 6.01. The molecule has 0 fully saturated rings. The van der Waals surface area contributed by atoms with Crippen molar-refractivity contribution in [1.82, 2.24) is 5.32 Å². The van der Waals surface area contributed by atoms with E-state index in [1.54, 1.807) is 30.3 Å². The van der Waals surface area contributed by atoms with Gasteiger partial charge < -0.3 is 23.9 Å². The van der Waals surface area contributed by atoms with Crippen LogP contribution < -0.4 is 19.5 Å². The van der Waals surface area contributed by atoms with Gasteiger partial charge in [0, 0.05) is 6.42 Å². The third kappa shape index (κ3) is 8.29. The molecule has 0 atom stereocenters. The zero-order chi connectivity index (χ0) is 26.6. The largest absolute Gasteiger partial charge is 0.493 e. The Balaban J connectivity index is 1.58. The minimum absolute atomic E-state index is 0.0809. The lowest BCUT2D eigenvalue weighted by Crippen LogP contribution is -2.23. The van der Waals surface area contributed by atoms with Crippen LogP contribution in [0.3, 0.4) is 0 Å². The molecule has 0 aliphatic carbocycles. The highest BCUT2D eigenvalue weighted by Crippen LogP contribution is 2.30. The molecule has 0 aliphatic rings. The molecule has 1 N–H and O–H groups in total. The van der Waals surface area contributed by atoms with E-state index < -0.39 is 11.9 Å². The number of carbonyl (C=O) groups excluding carboxylic acids is 2. The Morgan fingerprint density at radius 1 is 1.05 bits per heavy atom. The van der Waals surface area contributed by atoms with E-state index in [1.807, 2.05) is 45.0 Å². The SMILES string of the molecule is CCOc1cc(/C=C(\C#N)C(=O)NCc2ccco2)ccc1OC(=O)CCCOc1cc(C)ccc1C. The van der Waals surface area contributed by atoms with Crippen molar-refractivity contribution in [2.24, 2.45) is 0 Å². The topological polar surface area (TPSA) is 111 Å². The van der Waals surface area contributed by atoms with Crippen LogP contribution in [-0.2, 0) is 16.1 Å². The lowest BCUT2D eigenvalue weighted by atomic mass is 10.1. The van der Waals surface area contributed by atoms with Crippen LogP contribution in [0.1, 0.15) is 42.2 Å². The molecule has 0 saturated heterocycles. The maximum absolute atomic E-state index is 12.4. The van der Waals surface area contributed by atoms with Gasteiger partial charge in [0.05, 0.1) is 26.0 Å². The van der Waals surface area contributed by atoms with Crippen molar-refractivity contribution in [2.45, 2.75) is 40.2 Å². The smallest absolute Gasteiger partial charge is 0.311 e. The second-order valence-corrected chi connectivity index (χ2v) is 8.27. The van der Waals surface area contributed by atoms with Crippen molar-refractivity contribution in [3.8, 4) is 23.3 Å². The molecule has 0 bridgehead atoms. The quantitative estimate of drug-likeness (QED) is 0.118. The molecule has 0 radical (unpaired) electrons. The van der Waals surface area contributed by atoms with Crippen molar-refractivity contribution < 1.29 is 28.2 Å². The third-order valence-corrected chi connectivity index (χ3v) is 5.30. The Morgan fingerprint density at radius 3 is 2.62 bits per heavy atom. The van der Waals surface area contributed by atoms with E-state index in [9.17, 15) is 14.9 Å². The third-order valence-electron chi connectivity index (χ3n) is 5.30. The summed E-state index contributed by atoms with van der Waals surface area (Å²) < 4.78 is 22.1. The molecule has 3 rings (SSSR count). The number of benzene rings is 2. The molecule has 8 heteroatoms. The first kappa shape index (κ1) is 27.1. The lowest BCUT2D eigenvalue weighted by molar-refractivity contribution is -0.134. The molecule has 0 saturated carbocycles. The number of furan rings is 1. The van der Waals surface area contributed by atoms with Crippen LogP contribution >= 0.6 is 0 Å². The molecule has 3 aromatic rings. The fourth-order valence-electron chi connectivity index (χ4n) is 3.39. The molecular formula is C29H30N2O6. The Labute approximate surface area is 216 Å². The summed E-state index contributed by atoms with van der Waals surface area (Å²) in [5.41, 5.74) is 2.62. The number of hydrogen-bond donors (Lipinski definition) is 1. The van der Waals surface area contributed by atoms with Crippen molar-refractivity contribution in [1.29, 1.82) is 5.26 Å². The Morgan fingerprint density at radius 2 is 1.89 bits per heavy atom. The van der Waals surface area contributed by atoms with E-state index >= 15 is 0 Å². The second-order valence-electron chi connectivity index (χ2n) is 8.27. The van der Waals surface area contributed by atoms with E-state index in [0.29, 0.717) is 36.7 Å². The van der Waals surface area contributed by atoms with Gasteiger partial charge in [0.15, 0.2) is 11.5 Å².